The molecule has 0 saturated heterocycles. The molecule has 0 unspecified atom stereocenters. The van der Waals surface area contributed by atoms with Gasteiger partial charge in [0.25, 0.3) is 5.91 Å². The summed E-state index contributed by atoms with van der Waals surface area (Å²) in [4.78, 5) is 23.5. The first-order valence-corrected chi connectivity index (χ1v) is 6.36. The van der Waals surface area contributed by atoms with Crippen molar-refractivity contribution >= 4 is 40.6 Å². The molecule has 1 aromatic carbocycles. The Kier molecular flexibility index (Phi) is 3.16. The van der Waals surface area contributed by atoms with E-state index in [4.69, 9.17) is 32.4 Å². The van der Waals surface area contributed by atoms with Crippen LogP contribution in [0.2, 0.25) is 10.2 Å². The van der Waals surface area contributed by atoms with Gasteiger partial charge in [-0.1, -0.05) is 11.6 Å². The monoisotopic (exact) mass is 311 g/mol. The Balaban J connectivity index is 2.02. The van der Waals surface area contributed by atoms with Crippen molar-refractivity contribution in [3.8, 4) is 5.75 Å². The van der Waals surface area contributed by atoms with Crippen LogP contribution in [0.25, 0.3) is 0 Å². The van der Waals surface area contributed by atoms with Crippen LogP contribution in [0.15, 0.2) is 28.7 Å². The average molecular weight is 312 g/mol. The van der Waals surface area contributed by atoms with Crippen molar-refractivity contribution < 1.29 is 18.7 Å². The maximum Gasteiger partial charge on any atom is 0.262 e. The van der Waals surface area contributed by atoms with E-state index in [1.807, 2.05) is 0 Å². The van der Waals surface area contributed by atoms with E-state index >= 15 is 0 Å². The van der Waals surface area contributed by atoms with E-state index in [2.05, 4.69) is 5.32 Å². The van der Waals surface area contributed by atoms with Gasteiger partial charge in [-0.2, -0.15) is 0 Å². The Hall–Kier alpha value is -1.98. The van der Waals surface area contributed by atoms with Gasteiger partial charge in [-0.3, -0.25) is 9.59 Å². The van der Waals surface area contributed by atoms with Crippen LogP contribution in [0.1, 0.15) is 16.1 Å². The van der Waals surface area contributed by atoms with Gasteiger partial charge >= 0.3 is 0 Å². The van der Waals surface area contributed by atoms with E-state index in [-0.39, 0.29) is 34.1 Å². The van der Waals surface area contributed by atoms with Gasteiger partial charge in [0.2, 0.25) is 5.78 Å². The maximum absolute atomic E-state index is 12.3. The Morgan fingerprint density at radius 1 is 1.25 bits per heavy atom. The zero-order valence-corrected chi connectivity index (χ0v) is 11.4. The first kappa shape index (κ1) is 13.0. The minimum absolute atomic E-state index is 0.0803. The normalized spacial score (nSPS) is 13.4. The number of hydrogen-bond donors (Lipinski definition) is 1. The maximum atomic E-state index is 12.3. The van der Waals surface area contributed by atoms with Crippen LogP contribution in [-0.4, -0.2) is 18.3 Å². The number of halogens is 2. The molecule has 1 N–H and O–H groups in total. The number of ketones is 1. The minimum atomic E-state index is -0.412. The van der Waals surface area contributed by atoms with E-state index < -0.39 is 5.78 Å². The van der Waals surface area contributed by atoms with Crippen LogP contribution in [0.3, 0.4) is 0 Å². The van der Waals surface area contributed by atoms with Crippen LogP contribution < -0.4 is 10.1 Å². The number of carbonyl (C=O) groups is 2. The molecule has 0 saturated carbocycles. The highest BCUT2D eigenvalue weighted by Gasteiger charge is 2.23. The lowest BCUT2D eigenvalue weighted by Crippen LogP contribution is -2.25. The molecule has 0 spiro atoms. The number of fused-ring (bicyclic) bond motifs is 1. The highest BCUT2D eigenvalue weighted by atomic mass is 35.5. The average Bonchev–Trinajstić information content (AvgIpc) is 2.84. The molecule has 1 aromatic heterocycles. The van der Waals surface area contributed by atoms with Crippen molar-refractivity contribution in [3.63, 3.8) is 0 Å². The van der Waals surface area contributed by atoms with E-state index in [9.17, 15) is 9.59 Å². The summed E-state index contributed by atoms with van der Waals surface area (Å²) in [6.45, 7) is -0.102. The van der Waals surface area contributed by atoms with Crippen LogP contribution in [0, 0.1) is 0 Å². The highest BCUT2D eigenvalue weighted by molar-refractivity contribution is 6.35. The molecule has 7 heteroatoms. The van der Waals surface area contributed by atoms with Crippen molar-refractivity contribution in [1.29, 1.82) is 0 Å². The third-order valence-electron chi connectivity index (χ3n) is 2.74. The molecule has 0 atom stereocenters. The standard InChI is InChI=1S/C13H7Cl2NO4/c14-7-4-8-10(19-5-12(17)16-8)3-6(7)13(18)9-1-2-11(15)20-9/h1-4H,5H2,(H,16,17). The molecule has 20 heavy (non-hydrogen) atoms. The van der Waals surface area contributed by atoms with Gasteiger partial charge in [-0.15, -0.1) is 0 Å². The molecule has 0 radical (unpaired) electrons. The van der Waals surface area contributed by atoms with Crippen molar-refractivity contribution in [2.75, 3.05) is 11.9 Å². The summed E-state index contributed by atoms with van der Waals surface area (Å²) in [5.41, 5.74) is 0.646. The van der Waals surface area contributed by atoms with Gasteiger partial charge in [-0.25, -0.2) is 0 Å². The fraction of sp³-hybridized carbons (Fsp3) is 0.0769. The number of hydrogen-bond acceptors (Lipinski definition) is 4. The largest absolute Gasteiger partial charge is 0.482 e. The van der Waals surface area contributed by atoms with Crippen molar-refractivity contribution in [1.82, 2.24) is 0 Å². The summed E-state index contributed by atoms with van der Waals surface area (Å²) in [5, 5.41) is 2.91. The van der Waals surface area contributed by atoms with Crippen LogP contribution >= 0.6 is 23.2 Å². The first-order valence-electron chi connectivity index (χ1n) is 5.61. The SMILES string of the molecule is O=C1COc2cc(C(=O)c3ccc(Cl)o3)c(Cl)cc2N1. The fourth-order valence-corrected chi connectivity index (χ4v) is 2.24. The Morgan fingerprint density at radius 3 is 2.75 bits per heavy atom. The van der Waals surface area contributed by atoms with Gasteiger partial charge in [-0.05, 0) is 35.9 Å². The first-order chi connectivity index (χ1) is 9.54. The third-order valence-corrected chi connectivity index (χ3v) is 3.26. The number of nitrogens with one attached hydrogen (secondary N) is 1. The predicted octanol–water partition coefficient (Wildman–Crippen LogP) is 3.15. The molecule has 2 heterocycles. The van der Waals surface area contributed by atoms with E-state index in [1.54, 1.807) is 0 Å². The topological polar surface area (TPSA) is 68.5 Å². The zero-order valence-electron chi connectivity index (χ0n) is 9.91. The third kappa shape index (κ3) is 2.26. The van der Waals surface area contributed by atoms with Crippen LogP contribution in [0.5, 0.6) is 5.75 Å². The molecular formula is C13H7Cl2NO4. The lowest BCUT2D eigenvalue weighted by Gasteiger charge is -2.19. The smallest absolute Gasteiger partial charge is 0.262 e. The van der Waals surface area contributed by atoms with Gasteiger partial charge in [0.05, 0.1) is 10.7 Å². The summed E-state index contributed by atoms with van der Waals surface area (Å²) >= 11 is 11.7. The highest BCUT2D eigenvalue weighted by Crippen LogP contribution is 2.34. The van der Waals surface area contributed by atoms with E-state index in [1.165, 1.54) is 24.3 Å². The second kappa shape index (κ2) is 4.85. The van der Waals surface area contributed by atoms with Crippen molar-refractivity contribution in [2.45, 2.75) is 0 Å². The predicted molar refractivity (Wildman–Crippen MR) is 72.7 cm³/mol. The summed E-state index contributed by atoms with van der Waals surface area (Å²) in [6, 6.07) is 5.86. The molecular weight excluding hydrogens is 305 g/mol. The number of benzene rings is 1. The zero-order chi connectivity index (χ0) is 14.3. The second-order valence-corrected chi connectivity index (χ2v) is 4.88. The van der Waals surface area contributed by atoms with Gasteiger partial charge < -0.3 is 14.5 Å². The quantitative estimate of drug-likeness (QED) is 0.865. The number of ether oxygens (including phenoxy) is 1. The lowest BCUT2D eigenvalue weighted by atomic mass is 10.1. The molecule has 1 amide bonds. The minimum Gasteiger partial charge on any atom is -0.482 e. The molecule has 5 nitrogen and oxygen atoms in total. The molecule has 0 fully saturated rings. The summed E-state index contributed by atoms with van der Waals surface area (Å²) in [7, 11) is 0. The van der Waals surface area contributed by atoms with Crippen LogP contribution in [-0.2, 0) is 4.79 Å². The molecule has 0 aliphatic carbocycles. The summed E-state index contributed by atoms with van der Waals surface area (Å²) in [5.74, 6) is -0.220. The molecule has 0 bridgehead atoms. The number of anilines is 1. The van der Waals surface area contributed by atoms with Gasteiger partial charge in [0.15, 0.2) is 17.6 Å². The summed E-state index contributed by atoms with van der Waals surface area (Å²) in [6.07, 6.45) is 0. The molecule has 3 rings (SSSR count). The molecule has 1 aliphatic rings. The number of carbonyl (C=O) groups excluding carboxylic acids is 2. The molecule has 1 aliphatic heterocycles. The van der Waals surface area contributed by atoms with Gasteiger partial charge in [0, 0.05) is 5.56 Å². The number of amides is 1. The Labute approximate surface area is 123 Å². The molecule has 102 valence electrons. The lowest BCUT2D eigenvalue weighted by molar-refractivity contribution is -0.118. The van der Waals surface area contributed by atoms with E-state index in [0.717, 1.165) is 0 Å². The van der Waals surface area contributed by atoms with Crippen molar-refractivity contribution in [3.05, 3.63) is 45.8 Å². The van der Waals surface area contributed by atoms with Crippen molar-refractivity contribution in [2.24, 2.45) is 0 Å². The van der Waals surface area contributed by atoms with E-state index in [0.29, 0.717) is 11.4 Å². The summed E-state index contributed by atoms with van der Waals surface area (Å²) < 4.78 is 10.3. The fourth-order valence-electron chi connectivity index (χ4n) is 1.84. The molecule has 2 aromatic rings. The number of furan rings is 1. The number of rotatable bonds is 2. The van der Waals surface area contributed by atoms with Crippen LogP contribution in [0.4, 0.5) is 5.69 Å². The van der Waals surface area contributed by atoms with Gasteiger partial charge in [0.1, 0.15) is 5.75 Å². The Bertz CT molecular complexity index is 723. The Morgan fingerprint density at radius 2 is 2.05 bits per heavy atom. The second-order valence-electron chi connectivity index (χ2n) is 4.10.